The summed E-state index contributed by atoms with van der Waals surface area (Å²) in [6, 6.07) is 4.92. The number of nitrogens with two attached hydrogens (primary N) is 1. The van der Waals surface area contributed by atoms with Crippen molar-refractivity contribution in [3.05, 3.63) is 34.6 Å². The molecule has 1 aliphatic rings. The Kier molecular flexibility index (Phi) is 6.32. The minimum absolute atomic E-state index is 0. The molecule has 0 spiro atoms. The van der Waals surface area contributed by atoms with Gasteiger partial charge in [-0.1, -0.05) is 17.7 Å². The molecule has 1 aliphatic heterocycles. The van der Waals surface area contributed by atoms with Gasteiger partial charge in [-0.05, 0) is 17.7 Å². The van der Waals surface area contributed by atoms with Gasteiger partial charge in [-0.25, -0.2) is 4.39 Å². The summed E-state index contributed by atoms with van der Waals surface area (Å²) in [5, 5.41) is 0.163. The number of hydrogen-bond acceptors (Lipinski definition) is 3. The van der Waals surface area contributed by atoms with Crippen molar-refractivity contribution in [1.29, 1.82) is 0 Å². The van der Waals surface area contributed by atoms with Gasteiger partial charge in [-0.3, -0.25) is 4.90 Å². The minimum atomic E-state index is -0.368. The molecule has 1 unspecified atom stereocenters. The van der Waals surface area contributed by atoms with Crippen LogP contribution in [-0.4, -0.2) is 37.2 Å². The van der Waals surface area contributed by atoms with E-state index in [1.54, 1.807) is 6.07 Å². The second-order valence-electron chi connectivity index (χ2n) is 4.21. The third-order valence-corrected chi connectivity index (χ3v) is 3.18. The van der Waals surface area contributed by atoms with Crippen LogP contribution in [0, 0.1) is 5.82 Å². The van der Waals surface area contributed by atoms with Crippen LogP contribution in [0.15, 0.2) is 18.2 Å². The van der Waals surface area contributed by atoms with Crippen molar-refractivity contribution in [1.82, 2.24) is 4.90 Å². The highest BCUT2D eigenvalue weighted by Crippen LogP contribution is 2.17. The van der Waals surface area contributed by atoms with Crippen molar-refractivity contribution in [3.63, 3.8) is 0 Å². The van der Waals surface area contributed by atoms with E-state index in [1.807, 2.05) is 6.07 Å². The molecule has 18 heavy (non-hydrogen) atoms. The van der Waals surface area contributed by atoms with E-state index in [0.717, 1.165) is 18.7 Å². The highest BCUT2D eigenvalue weighted by atomic mass is 35.5. The maximum Gasteiger partial charge on any atom is 0.142 e. The van der Waals surface area contributed by atoms with E-state index in [9.17, 15) is 4.39 Å². The molecule has 0 saturated carbocycles. The van der Waals surface area contributed by atoms with Gasteiger partial charge in [0, 0.05) is 26.2 Å². The lowest BCUT2D eigenvalue weighted by atomic mass is 10.2. The van der Waals surface area contributed by atoms with Crippen LogP contribution in [-0.2, 0) is 11.3 Å². The molecule has 1 atom stereocenters. The van der Waals surface area contributed by atoms with Gasteiger partial charge in [-0.15, -0.1) is 12.4 Å². The van der Waals surface area contributed by atoms with Crippen molar-refractivity contribution in [3.8, 4) is 0 Å². The van der Waals surface area contributed by atoms with Crippen LogP contribution < -0.4 is 5.73 Å². The minimum Gasteiger partial charge on any atom is -0.374 e. The number of nitrogens with zero attached hydrogens (tertiary/aromatic N) is 1. The number of rotatable bonds is 3. The van der Waals surface area contributed by atoms with Crippen LogP contribution in [0.4, 0.5) is 4.39 Å². The van der Waals surface area contributed by atoms with E-state index in [0.29, 0.717) is 19.7 Å². The molecule has 0 aromatic heterocycles. The molecule has 0 bridgehead atoms. The summed E-state index contributed by atoms with van der Waals surface area (Å²) >= 11 is 5.64. The molecule has 1 aromatic carbocycles. The van der Waals surface area contributed by atoms with Crippen molar-refractivity contribution < 1.29 is 9.13 Å². The fourth-order valence-electron chi connectivity index (χ4n) is 1.96. The summed E-state index contributed by atoms with van der Waals surface area (Å²) in [7, 11) is 0. The lowest BCUT2D eigenvalue weighted by Gasteiger charge is -2.32. The summed E-state index contributed by atoms with van der Waals surface area (Å²) < 4.78 is 18.8. The van der Waals surface area contributed by atoms with Crippen molar-refractivity contribution >= 4 is 24.0 Å². The summed E-state index contributed by atoms with van der Waals surface area (Å²) in [6.07, 6.45) is 0.0842. The van der Waals surface area contributed by atoms with Gasteiger partial charge in [0.15, 0.2) is 0 Å². The third-order valence-electron chi connectivity index (χ3n) is 2.88. The Labute approximate surface area is 117 Å². The lowest BCUT2D eigenvalue weighted by molar-refractivity contribution is -0.0260. The van der Waals surface area contributed by atoms with Gasteiger partial charge in [-0.2, -0.15) is 0 Å². The molecule has 1 aromatic rings. The molecule has 2 rings (SSSR count). The van der Waals surface area contributed by atoms with Crippen molar-refractivity contribution in [2.45, 2.75) is 12.6 Å². The van der Waals surface area contributed by atoms with E-state index in [1.165, 1.54) is 6.07 Å². The molecule has 0 amide bonds. The van der Waals surface area contributed by atoms with Gasteiger partial charge < -0.3 is 10.5 Å². The Morgan fingerprint density at radius 2 is 2.28 bits per heavy atom. The summed E-state index contributed by atoms with van der Waals surface area (Å²) in [5.41, 5.74) is 6.49. The maximum atomic E-state index is 13.3. The molecule has 1 saturated heterocycles. The topological polar surface area (TPSA) is 38.5 Å². The Hall–Kier alpha value is -0.390. The van der Waals surface area contributed by atoms with Crippen LogP contribution in [0.2, 0.25) is 5.02 Å². The number of benzene rings is 1. The number of morpholine rings is 1. The van der Waals surface area contributed by atoms with E-state index in [4.69, 9.17) is 22.1 Å². The summed E-state index contributed by atoms with van der Waals surface area (Å²) in [4.78, 5) is 2.21. The predicted molar refractivity (Wildman–Crippen MR) is 72.7 cm³/mol. The average Bonchev–Trinajstić information content (AvgIpc) is 2.34. The van der Waals surface area contributed by atoms with Gasteiger partial charge in [0.1, 0.15) is 5.82 Å². The molecule has 0 radical (unpaired) electrons. The molecule has 102 valence electrons. The molecule has 1 heterocycles. The van der Waals surface area contributed by atoms with E-state index in [2.05, 4.69) is 4.90 Å². The fourth-order valence-corrected chi connectivity index (χ4v) is 2.08. The average molecular weight is 295 g/mol. The molecule has 2 N–H and O–H groups in total. The molecule has 0 aliphatic carbocycles. The van der Waals surface area contributed by atoms with Crippen LogP contribution in [0.1, 0.15) is 5.56 Å². The zero-order valence-corrected chi connectivity index (χ0v) is 11.5. The first kappa shape index (κ1) is 15.7. The van der Waals surface area contributed by atoms with Crippen LogP contribution in [0.25, 0.3) is 0 Å². The smallest absolute Gasteiger partial charge is 0.142 e. The highest BCUT2D eigenvalue weighted by Gasteiger charge is 2.19. The van der Waals surface area contributed by atoms with Crippen molar-refractivity contribution in [2.75, 3.05) is 26.2 Å². The standard InChI is InChI=1S/C12H16ClFN2O.ClH/c13-11-2-1-9(5-12(11)14)7-16-3-4-17-10(6-15)8-16;/h1-2,5,10H,3-4,6-8,15H2;1H. The quantitative estimate of drug-likeness (QED) is 0.927. The molecule has 1 fully saturated rings. The maximum absolute atomic E-state index is 13.3. The molecular formula is C12H17Cl2FN2O. The van der Waals surface area contributed by atoms with Crippen LogP contribution >= 0.6 is 24.0 Å². The predicted octanol–water partition coefficient (Wildman–Crippen LogP) is 2.06. The van der Waals surface area contributed by atoms with E-state index >= 15 is 0 Å². The first-order valence-corrected chi connectivity index (χ1v) is 6.05. The van der Waals surface area contributed by atoms with E-state index in [-0.39, 0.29) is 29.4 Å². The largest absolute Gasteiger partial charge is 0.374 e. The SMILES string of the molecule is Cl.NCC1CN(Cc2ccc(Cl)c(F)c2)CCO1. The zero-order valence-electron chi connectivity index (χ0n) is 9.94. The molecular weight excluding hydrogens is 278 g/mol. The van der Waals surface area contributed by atoms with Gasteiger partial charge >= 0.3 is 0 Å². The van der Waals surface area contributed by atoms with Gasteiger partial charge in [0.05, 0.1) is 17.7 Å². The van der Waals surface area contributed by atoms with E-state index < -0.39 is 0 Å². The summed E-state index contributed by atoms with van der Waals surface area (Å²) in [5.74, 6) is -0.368. The van der Waals surface area contributed by atoms with Crippen molar-refractivity contribution in [2.24, 2.45) is 5.73 Å². The molecule has 3 nitrogen and oxygen atoms in total. The number of ether oxygens (including phenoxy) is 1. The normalized spacial score (nSPS) is 20.5. The highest BCUT2D eigenvalue weighted by molar-refractivity contribution is 6.30. The summed E-state index contributed by atoms with van der Waals surface area (Å²) in [6.45, 7) is 3.54. The number of halogens is 3. The van der Waals surface area contributed by atoms with Crippen LogP contribution in [0.5, 0.6) is 0 Å². The van der Waals surface area contributed by atoms with Gasteiger partial charge in [0.25, 0.3) is 0 Å². The third kappa shape index (κ3) is 4.07. The second kappa shape index (κ2) is 7.26. The first-order chi connectivity index (χ1) is 8.19. The fraction of sp³-hybridized carbons (Fsp3) is 0.500. The Morgan fingerprint density at radius 1 is 1.50 bits per heavy atom. The first-order valence-electron chi connectivity index (χ1n) is 5.67. The van der Waals surface area contributed by atoms with Gasteiger partial charge in [0.2, 0.25) is 0 Å². The Morgan fingerprint density at radius 3 is 2.94 bits per heavy atom. The zero-order chi connectivity index (χ0) is 12.3. The lowest BCUT2D eigenvalue weighted by Crippen LogP contribution is -2.45. The monoisotopic (exact) mass is 294 g/mol. The Balaban J connectivity index is 0.00000162. The Bertz CT molecular complexity index is 392. The molecule has 6 heteroatoms. The second-order valence-corrected chi connectivity index (χ2v) is 4.62. The number of hydrogen-bond donors (Lipinski definition) is 1. The van der Waals surface area contributed by atoms with Crippen LogP contribution in [0.3, 0.4) is 0 Å².